The molecule has 0 unspecified atom stereocenters. The lowest BCUT2D eigenvalue weighted by Crippen LogP contribution is -2.37. The van der Waals surface area contributed by atoms with Gasteiger partial charge in [-0.05, 0) is 28.7 Å². The number of benzene rings is 2. The van der Waals surface area contributed by atoms with Gasteiger partial charge in [-0.15, -0.1) is 0 Å². The average molecular weight is 340 g/mol. The van der Waals surface area contributed by atoms with Crippen LogP contribution in [-0.2, 0) is 15.0 Å². The number of aliphatic hydroxyl groups excluding tert-OH is 1. The first-order valence-corrected chi connectivity index (χ1v) is 8.20. The van der Waals surface area contributed by atoms with Crippen molar-refractivity contribution in [1.82, 2.24) is 5.32 Å². The van der Waals surface area contributed by atoms with Crippen molar-refractivity contribution in [3.63, 3.8) is 0 Å². The number of anilines is 1. The molecule has 3 N–H and O–H groups in total. The lowest BCUT2D eigenvalue weighted by atomic mass is 9.86. The van der Waals surface area contributed by atoms with E-state index < -0.39 is 17.9 Å². The number of carbonyl (C=O) groups is 2. The molecule has 0 aliphatic rings. The minimum atomic E-state index is -0.873. The molecule has 0 aromatic heterocycles. The number of carbonyl (C=O) groups excluding carboxylic acids is 2. The molecule has 5 nitrogen and oxygen atoms in total. The zero-order chi connectivity index (χ0) is 18.4. The number of hydrogen-bond acceptors (Lipinski definition) is 3. The largest absolute Gasteiger partial charge is 0.387 e. The summed E-state index contributed by atoms with van der Waals surface area (Å²) in [6, 6.07) is 16.3. The Balaban J connectivity index is 1.87. The minimum absolute atomic E-state index is 0.0318. The van der Waals surface area contributed by atoms with Crippen molar-refractivity contribution in [2.75, 3.05) is 11.9 Å². The Morgan fingerprint density at radius 3 is 2.12 bits per heavy atom. The zero-order valence-electron chi connectivity index (χ0n) is 14.7. The van der Waals surface area contributed by atoms with Crippen LogP contribution in [0.2, 0.25) is 0 Å². The van der Waals surface area contributed by atoms with Gasteiger partial charge in [0, 0.05) is 12.2 Å². The second-order valence-corrected chi connectivity index (χ2v) is 6.92. The van der Waals surface area contributed by atoms with E-state index in [0.717, 1.165) is 5.56 Å². The van der Waals surface area contributed by atoms with Crippen molar-refractivity contribution in [3.8, 4) is 0 Å². The number of nitrogens with one attached hydrogen (secondary N) is 2. The molecule has 5 heteroatoms. The molecule has 0 saturated carbocycles. The fraction of sp³-hybridized carbons (Fsp3) is 0.300. The van der Waals surface area contributed by atoms with Crippen LogP contribution in [0.5, 0.6) is 0 Å². The lowest BCUT2D eigenvalue weighted by Gasteiger charge is -2.20. The van der Waals surface area contributed by atoms with E-state index in [0.29, 0.717) is 11.3 Å². The van der Waals surface area contributed by atoms with E-state index in [1.807, 2.05) is 30.3 Å². The smallest absolute Gasteiger partial charge is 0.313 e. The fourth-order valence-corrected chi connectivity index (χ4v) is 2.30. The Bertz CT molecular complexity index is 719. The summed E-state index contributed by atoms with van der Waals surface area (Å²) in [5, 5.41) is 15.1. The highest BCUT2D eigenvalue weighted by Crippen LogP contribution is 2.23. The van der Waals surface area contributed by atoms with E-state index in [1.54, 1.807) is 24.3 Å². The Hall–Kier alpha value is -2.66. The molecule has 0 saturated heterocycles. The van der Waals surface area contributed by atoms with E-state index in [9.17, 15) is 14.7 Å². The molecule has 25 heavy (non-hydrogen) atoms. The molecule has 132 valence electrons. The van der Waals surface area contributed by atoms with Crippen LogP contribution in [0.15, 0.2) is 54.6 Å². The summed E-state index contributed by atoms with van der Waals surface area (Å²) >= 11 is 0. The van der Waals surface area contributed by atoms with Crippen LogP contribution >= 0.6 is 0 Å². The highest BCUT2D eigenvalue weighted by molar-refractivity contribution is 6.39. The van der Waals surface area contributed by atoms with Gasteiger partial charge in [0.05, 0.1) is 6.10 Å². The standard InChI is InChI=1S/C20H24N2O3/c1-20(2,3)15-11-9-14(10-12-15)17(23)13-21-18(24)19(25)22-16-7-5-4-6-8-16/h4-12,17,23H,13H2,1-3H3,(H,21,24)(H,22,25)/t17-/m0/s1. The molecule has 2 amide bonds. The second-order valence-electron chi connectivity index (χ2n) is 6.92. The minimum Gasteiger partial charge on any atom is -0.387 e. The SMILES string of the molecule is CC(C)(C)c1ccc([C@@H](O)CNC(=O)C(=O)Nc2ccccc2)cc1. The van der Waals surface area contributed by atoms with Crippen molar-refractivity contribution in [3.05, 3.63) is 65.7 Å². The van der Waals surface area contributed by atoms with E-state index in [1.165, 1.54) is 0 Å². The van der Waals surface area contributed by atoms with Crippen LogP contribution in [0.1, 0.15) is 38.0 Å². The second kappa shape index (κ2) is 7.94. The molecule has 0 aliphatic carbocycles. The van der Waals surface area contributed by atoms with Crippen molar-refractivity contribution in [2.24, 2.45) is 0 Å². The van der Waals surface area contributed by atoms with E-state index in [-0.39, 0.29) is 12.0 Å². The Morgan fingerprint density at radius 2 is 1.56 bits per heavy atom. The van der Waals surface area contributed by atoms with Gasteiger partial charge in [0.1, 0.15) is 0 Å². The molecular formula is C20H24N2O3. The van der Waals surface area contributed by atoms with Crippen LogP contribution < -0.4 is 10.6 Å². The molecular weight excluding hydrogens is 316 g/mol. The summed E-state index contributed by atoms with van der Waals surface area (Å²) in [6.07, 6.45) is -0.873. The molecule has 2 rings (SSSR count). The van der Waals surface area contributed by atoms with Crippen LogP contribution in [0.4, 0.5) is 5.69 Å². The molecule has 2 aromatic carbocycles. The quantitative estimate of drug-likeness (QED) is 0.749. The van der Waals surface area contributed by atoms with Gasteiger partial charge in [-0.3, -0.25) is 9.59 Å². The monoisotopic (exact) mass is 340 g/mol. The first-order chi connectivity index (χ1) is 11.8. The highest BCUT2D eigenvalue weighted by atomic mass is 16.3. The lowest BCUT2D eigenvalue weighted by molar-refractivity contribution is -0.136. The van der Waals surface area contributed by atoms with Gasteiger partial charge in [-0.25, -0.2) is 0 Å². The summed E-state index contributed by atoms with van der Waals surface area (Å²) in [5.74, 6) is -1.55. The van der Waals surface area contributed by atoms with E-state index in [2.05, 4.69) is 31.4 Å². The van der Waals surface area contributed by atoms with Crippen molar-refractivity contribution in [2.45, 2.75) is 32.3 Å². The molecule has 1 atom stereocenters. The van der Waals surface area contributed by atoms with Gasteiger partial charge in [-0.2, -0.15) is 0 Å². The maximum absolute atomic E-state index is 11.8. The third-order valence-corrected chi connectivity index (χ3v) is 3.86. The van der Waals surface area contributed by atoms with Crippen LogP contribution in [0, 0.1) is 0 Å². The van der Waals surface area contributed by atoms with Gasteiger partial charge < -0.3 is 15.7 Å². The first kappa shape index (κ1) is 18.7. The van der Waals surface area contributed by atoms with Crippen LogP contribution in [-0.4, -0.2) is 23.5 Å². The maximum atomic E-state index is 11.8. The predicted octanol–water partition coefficient (Wildman–Crippen LogP) is 2.77. The third kappa shape index (κ3) is 5.43. The molecule has 0 heterocycles. The van der Waals surface area contributed by atoms with Crippen LogP contribution in [0.25, 0.3) is 0 Å². The summed E-state index contributed by atoms with van der Waals surface area (Å²) in [4.78, 5) is 23.6. The van der Waals surface area contributed by atoms with Gasteiger partial charge in [-0.1, -0.05) is 63.2 Å². The third-order valence-electron chi connectivity index (χ3n) is 3.86. The number of hydrogen-bond donors (Lipinski definition) is 3. The predicted molar refractivity (Wildman–Crippen MR) is 98.2 cm³/mol. The van der Waals surface area contributed by atoms with E-state index in [4.69, 9.17) is 0 Å². The Kier molecular flexibility index (Phi) is 5.93. The fourth-order valence-electron chi connectivity index (χ4n) is 2.30. The number of amides is 2. The summed E-state index contributed by atoms with van der Waals surface area (Å²) < 4.78 is 0. The zero-order valence-corrected chi connectivity index (χ0v) is 14.7. The van der Waals surface area contributed by atoms with Crippen molar-refractivity contribution < 1.29 is 14.7 Å². The molecule has 0 aliphatic heterocycles. The van der Waals surface area contributed by atoms with Gasteiger partial charge in [0.2, 0.25) is 0 Å². The van der Waals surface area contributed by atoms with Crippen LogP contribution in [0.3, 0.4) is 0 Å². The average Bonchev–Trinajstić information content (AvgIpc) is 2.59. The first-order valence-electron chi connectivity index (χ1n) is 8.20. The van der Waals surface area contributed by atoms with Gasteiger partial charge >= 0.3 is 11.8 Å². The Morgan fingerprint density at radius 1 is 0.960 bits per heavy atom. The summed E-state index contributed by atoms with van der Waals surface area (Å²) in [7, 11) is 0. The summed E-state index contributed by atoms with van der Waals surface area (Å²) in [5.41, 5.74) is 2.43. The van der Waals surface area contributed by atoms with Gasteiger partial charge in [0.25, 0.3) is 0 Å². The molecule has 2 aromatic rings. The molecule has 0 fully saturated rings. The molecule has 0 radical (unpaired) electrons. The highest BCUT2D eigenvalue weighted by Gasteiger charge is 2.17. The van der Waals surface area contributed by atoms with Gasteiger partial charge in [0.15, 0.2) is 0 Å². The Labute approximate surface area is 148 Å². The van der Waals surface area contributed by atoms with E-state index >= 15 is 0 Å². The summed E-state index contributed by atoms with van der Waals surface area (Å²) in [6.45, 7) is 6.31. The number of rotatable bonds is 4. The topological polar surface area (TPSA) is 78.4 Å². The normalized spacial score (nSPS) is 12.3. The number of aliphatic hydroxyl groups is 1. The number of para-hydroxylation sites is 1. The van der Waals surface area contributed by atoms with Crippen molar-refractivity contribution >= 4 is 17.5 Å². The molecule has 0 bridgehead atoms. The maximum Gasteiger partial charge on any atom is 0.313 e. The van der Waals surface area contributed by atoms with Crippen molar-refractivity contribution in [1.29, 1.82) is 0 Å². The molecule has 0 spiro atoms.